The zero-order valence-corrected chi connectivity index (χ0v) is 12.6. The van der Waals surface area contributed by atoms with Crippen molar-refractivity contribution in [2.75, 3.05) is 4.72 Å². The van der Waals surface area contributed by atoms with E-state index in [0.29, 0.717) is 11.3 Å². The molecule has 0 bridgehead atoms. The van der Waals surface area contributed by atoms with Gasteiger partial charge in [0.05, 0.1) is 10.6 Å². The van der Waals surface area contributed by atoms with Crippen LogP contribution < -0.4 is 4.72 Å². The van der Waals surface area contributed by atoms with Gasteiger partial charge in [0.1, 0.15) is 0 Å². The Hall–Kier alpha value is -2.60. The van der Waals surface area contributed by atoms with Gasteiger partial charge in [0.15, 0.2) is 5.78 Å². The molecular formula is C16H14N2O3S. The Morgan fingerprint density at radius 2 is 1.91 bits per heavy atom. The number of ketones is 1. The molecule has 0 atom stereocenters. The van der Waals surface area contributed by atoms with E-state index in [1.165, 1.54) is 19.1 Å². The van der Waals surface area contributed by atoms with Crippen molar-refractivity contribution in [1.29, 1.82) is 0 Å². The van der Waals surface area contributed by atoms with E-state index < -0.39 is 10.0 Å². The van der Waals surface area contributed by atoms with Crippen LogP contribution in [-0.4, -0.2) is 19.2 Å². The number of hydrogen-bond acceptors (Lipinski definition) is 3. The lowest BCUT2D eigenvalue weighted by Gasteiger charge is -2.09. The van der Waals surface area contributed by atoms with E-state index in [1.54, 1.807) is 30.5 Å². The third kappa shape index (κ3) is 2.73. The highest BCUT2D eigenvalue weighted by atomic mass is 32.2. The molecule has 0 fully saturated rings. The molecule has 0 unspecified atom stereocenters. The van der Waals surface area contributed by atoms with E-state index in [9.17, 15) is 13.2 Å². The zero-order chi connectivity index (χ0) is 15.7. The van der Waals surface area contributed by atoms with Crippen molar-refractivity contribution < 1.29 is 13.2 Å². The van der Waals surface area contributed by atoms with Crippen LogP contribution in [-0.2, 0) is 10.0 Å². The van der Waals surface area contributed by atoms with Gasteiger partial charge in [-0.3, -0.25) is 9.52 Å². The molecule has 1 aromatic heterocycles. The third-order valence-electron chi connectivity index (χ3n) is 3.36. The van der Waals surface area contributed by atoms with Gasteiger partial charge in [0, 0.05) is 17.3 Å². The topological polar surface area (TPSA) is 79.0 Å². The highest BCUT2D eigenvalue weighted by Gasteiger charge is 2.15. The molecule has 0 spiro atoms. The van der Waals surface area contributed by atoms with Crippen molar-refractivity contribution in [2.45, 2.75) is 11.8 Å². The number of rotatable bonds is 4. The number of carbonyl (C=O) groups is 1. The normalized spacial score (nSPS) is 11.5. The summed E-state index contributed by atoms with van der Waals surface area (Å²) < 4.78 is 27.4. The second-order valence-electron chi connectivity index (χ2n) is 4.97. The molecule has 112 valence electrons. The molecule has 0 saturated carbocycles. The maximum atomic E-state index is 12.4. The molecule has 0 saturated heterocycles. The number of benzene rings is 2. The fraction of sp³-hybridized carbons (Fsp3) is 0.0625. The average molecular weight is 314 g/mol. The molecule has 2 aromatic carbocycles. The van der Waals surface area contributed by atoms with E-state index in [4.69, 9.17) is 0 Å². The van der Waals surface area contributed by atoms with Crippen molar-refractivity contribution >= 4 is 32.4 Å². The predicted molar refractivity (Wildman–Crippen MR) is 85.6 cm³/mol. The second-order valence-corrected chi connectivity index (χ2v) is 6.65. The first kappa shape index (κ1) is 14.3. The molecular weight excluding hydrogens is 300 g/mol. The van der Waals surface area contributed by atoms with Crippen LogP contribution in [0.3, 0.4) is 0 Å². The number of anilines is 1. The summed E-state index contributed by atoms with van der Waals surface area (Å²) in [6, 6.07) is 13.1. The number of carbonyl (C=O) groups excluding carboxylic acids is 1. The van der Waals surface area contributed by atoms with Crippen LogP contribution >= 0.6 is 0 Å². The van der Waals surface area contributed by atoms with Crippen LogP contribution in [0.5, 0.6) is 0 Å². The smallest absolute Gasteiger partial charge is 0.261 e. The molecule has 0 aliphatic rings. The SMILES string of the molecule is CC(=O)c1cccc(S(=O)(=O)Nc2ccc3cc[nH]c3c2)c1. The first-order valence-corrected chi connectivity index (χ1v) is 8.15. The van der Waals surface area contributed by atoms with Crippen molar-refractivity contribution in [2.24, 2.45) is 0 Å². The number of hydrogen-bond donors (Lipinski definition) is 2. The second kappa shape index (κ2) is 5.31. The quantitative estimate of drug-likeness (QED) is 0.726. The highest BCUT2D eigenvalue weighted by molar-refractivity contribution is 7.92. The molecule has 1 heterocycles. The fourth-order valence-electron chi connectivity index (χ4n) is 2.21. The largest absolute Gasteiger partial charge is 0.361 e. The maximum Gasteiger partial charge on any atom is 0.261 e. The molecule has 0 amide bonds. The van der Waals surface area contributed by atoms with Gasteiger partial charge >= 0.3 is 0 Å². The van der Waals surface area contributed by atoms with Gasteiger partial charge in [-0.15, -0.1) is 0 Å². The van der Waals surface area contributed by atoms with Crippen LogP contribution in [0.25, 0.3) is 10.9 Å². The highest BCUT2D eigenvalue weighted by Crippen LogP contribution is 2.21. The van der Waals surface area contributed by atoms with Crippen LogP contribution in [0.1, 0.15) is 17.3 Å². The average Bonchev–Trinajstić information content (AvgIpc) is 2.94. The minimum Gasteiger partial charge on any atom is -0.361 e. The molecule has 0 radical (unpaired) electrons. The van der Waals surface area contributed by atoms with E-state index in [1.807, 2.05) is 12.1 Å². The van der Waals surface area contributed by atoms with Gasteiger partial charge in [-0.1, -0.05) is 18.2 Å². The summed E-state index contributed by atoms with van der Waals surface area (Å²) in [6.45, 7) is 1.40. The van der Waals surface area contributed by atoms with Crippen molar-refractivity contribution in [3.05, 3.63) is 60.3 Å². The first-order chi connectivity index (χ1) is 10.5. The fourth-order valence-corrected chi connectivity index (χ4v) is 3.30. The summed E-state index contributed by atoms with van der Waals surface area (Å²) in [6.07, 6.45) is 1.79. The number of nitrogens with one attached hydrogen (secondary N) is 2. The molecule has 3 rings (SSSR count). The first-order valence-electron chi connectivity index (χ1n) is 6.67. The number of Topliss-reactive ketones (excluding diaryl/α,β-unsaturated/α-hetero) is 1. The maximum absolute atomic E-state index is 12.4. The number of H-pyrrole nitrogens is 1. The molecule has 0 aliphatic heterocycles. The summed E-state index contributed by atoms with van der Waals surface area (Å²) in [5, 5.41) is 1.00. The standard InChI is InChI=1S/C16H14N2O3S/c1-11(19)13-3-2-4-15(9-13)22(20,21)18-14-6-5-12-7-8-17-16(12)10-14/h2-10,17-18H,1H3. The molecule has 22 heavy (non-hydrogen) atoms. The number of aromatic nitrogens is 1. The third-order valence-corrected chi connectivity index (χ3v) is 4.74. The Bertz CT molecular complexity index is 958. The number of sulfonamides is 1. The number of fused-ring (bicyclic) bond motifs is 1. The molecule has 3 aromatic rings. The zero-order valence-electron chi connectivity index (χ0n) is 11.8. The summed E-state index contributed by atoms with van der Waals surface area (Å²) >= 11 is 0. The lowest BCUT2D eigenvalue weighted by atomic mass is 10.2. The summed E-state index contributed by atoms with van der Waals surface area (Å²) in [4.78, 5) is 14.5. The predicted octanol–water partition coefficient (Wildman–Crippen LogP) is 3.17. The monoisotopic (exact) mass is 314 g/mol. The lowest BCUT2D eigenvalue weighted by molar-refractivity contribution is 0.101. The van der Waals surface area contributed by atoms with Crippen LogP contribution in [0.2, 0.25) is 0 Å². The van der Waals surface area contributed by atoms with Gasteiger partial charge in [-0.2, -0.15) is 0 Å². The number of aromatic amines is 1. The van der Waals surface area contributed by atoms with Gasteiger partial charge < -0.3 is 4.98 Å². The van der Waals surface area contributed by atoms with E-state index in [2.05, 4.69) is 9.71 Å². The van der Waals surface area contributed by atoms with Gasteiger partial charge in [0.2, 0.25) is 0 Å². The Kier molecular flexibility index (Phi) is 3.46. The van der Waals surface area contributed by atoms with Crippen LogP contribution in [0.15, 0.2) is 59.6 Å². The Morgan fingerprint density at radius 1 is 1.09 bits per heavy atom. The Morgan fingerprint density at radius 3 is 2.68 bits per heavy atom. The van der Waals surface area contributed by atoms with E-state index in [0.717, 1.165) is 10.9 Å². The lowest BCUT2D eigenvalue weighted by Crippen LogP contribution is -2.13. The van der Waals surface area contributed by atoms with Crippen molar-refractivity contribution in [3.8, 4) is 0 Å². The van der Waals surface area contributed by atoms with E-state index in [-0.39, 0.29) is 10.7 Å². The van der Waals surface area contributed by atoms with Gasteiger partial charge in [0.25, 0.3) is 10.0 Å². The summed E-state index contributed by atoms with van der Waals surface area (Å²) in [7, 11) is -3.74. The Balaban J connectivity index is 1.95. The van der Waals surface area contributed by atoms with Crippen LogP contribution in [0.4, 0.5) is 5.69 Å². The van der Waals surface area contributed by atoms with E-state index >= 15 is 0 Å². The molecule has 5 nitrogen and oxygen atoms in total. The minimum absolute atomic E-state index is 0.0618. The molecule has 0 aliphatic carbocycles. The molecule has 2 N–H and O–H groups in total. The van der Waals surface area contributed by atoms with Gasteiger partial charge in [-0.25, -0.2) is 8.42 Å². The van der Waals surface area contributed by atoms with Crippen LogP contribution in [0, 0.1) is 0 Å². The van der Waals surface area contributed by atoms with Crippen molar-refractivity contribution in [1.82, 2.24) is 4.98 Å². The summed E-state index contributed by atoms with van der Waals surface area (Å²) in [5.74, 6) is -0.176. The Labute approximate surface area is 128 Å². The van der Waals surface area contributed by atoms with Crippen molar-refractivity contribution in [3.63, 3.8) is 0 Å². The summed E-state index contributed by atoms with van der Waals surface area (Å²) in [5.41, 5.74) is 1.67. The van der Waals surface area contributed by atoms with Gasteiger partial charge in [-0.05, 0) is 42.6 Å². The minimum atomic E-state index is -3.74. The molecule has 6 heteroatoms.